The molecule has 0 aliphatic carbocycles. The number of hydrogen-bond acceptors (Lipinski definition) is 5. The Labute approximate surface area is 156 Å². The van der Waals surface area contributed by atoms with Gasteiger partial charge in [0.25, 0.3) is 0 Å². The van der Waals surface area contributed by atoms with Crippen molar-refractivity contribution in [3.63, 3.8) is 0 Å². The summed E-state index contributed by atoms with van der Waals surface area (Å²) < 4.78 is 4.91. The maximum atomic E-state index is 12.2. The monoisotopic (exact) mass is 386 g/mol. The molecule has 1 amide bonds. The molecule has 3 N–H and O–H groups in total. The number of ether oxygens (including phenoxy) is 1. The molecule has 1 aliphatic heterocycles. The number of carbonyl (C=O) groups excluding carboxylic acids is 2. The number of carbonyl (C=O) groups is 2. The zero-order valence-corrected chi connectivity index (χ0v) is 15.1. The van der Waals surface area contributed by atoms with Crippen LogP contribution >= 0.6 is 23.2 Å². The van der Waals surface area contributed by atoms with E-state index in [1.54, 1.807) is 12.1 Å². The highest BCUT2D eigenvalue weighted by Crippen LogP contribution is 2.40. The summed E-state index contributed by atoms with van der Waals surface area (Å²) >= 11 is 12.8. The third-order valence-corrected chi connectivity index (χ3v) is 4.55. The van der Waals surface area contributed by atoms with Crippen molar-refractivity contribution in [2.45, 2.75) is 19.3 Å². The Bertz CT molecular complexity index is 685. The van der Waals surface area contributed by atoms with Crippen molar-refractivity contribution in [1.82, 2.24) is 0 Å². The molecule has 1 saturated heterocycles. The fourth-order valence-corrected chi connectivity index (χ4v) is 3.47. The highest BCUT2D eigenvalue weighted by molar-refractivity contribution is 6.41. The maximum absolute atomic E-state index is 12.2. The number of benzene rings is 1. The lowest BCUT2D eigenvalue weighted by atomic mass is 10.0. The van der Waals surface area contributed by atoms with E-state index in [1.807, 2.05) is 0 Å². The minimum absolute atomic E-state index is 0.0686. The lowest BCUT2D eigenvalue weighted by Gasteiger charge is -2.31. The average molecular weight is 387 g/mol. The highest BCUT2D eigenvalue weighted by atomic mass is 35.5. The van der Waals surface area contributed by atoms with E-state index in [4.69, 9.17) is 38.8 Å². The van der Waals surface area contributed by atoms with Gasteiger partial charge in [-0.15, -0.1) is 0 Å². The molecule has 0 atom stereocenters. The molecule has 0 saturated carbocycles. The van der Waals surface area contributed by atoms with Crippen molar-refractivity contribution in [3.05, 3.63) is 33.8 Å². The molecule has 0 radical (unpaired) electrons. The third kappa shape index (κ3) is 4.87. The first kappa shape index (κ1) is 19.6. The highest BCUT2D eigenvalue weighted by Gasteiger charge is 2.24. The number of primary amides is 1. The Hall–Kier alpha value is -1.76. The van der Waals surface area contributed by atoms with Crippen molar-refractivity contribution in [2.75, 3.05) is 31.2 Å². The molecule has 2 rings (SSSR count). The molecule has 0 spiro atoms. The molecule has 8 heteroatoms. The number of piperidine rings is 1. The van der Waals surface area contributed by atoms with Gasteiger partial charge in [0.05, 0.1) is 27.9 Å². The molecule has 1 aromatic rings. The van der Waals surface area contributed by atoms with Crippen LogP contribution in [0, 0.1) is 0 Å². The summed E-state index contributed by atoms with van der Waals surface area (Å²) in [6.45, 7) is 1.10. The first-order valence-corrected chi connectivity index (χ1v) is 8.73. The Balaban J connectivity index is 2.47. The molecule has 1 fully saturated rings. The zero-order chi connectivity index (χ0) is 18.4. The summed E-state index contributed by atoms with van der Waals surface area (Å²) in [5.41, 5.74) is 6.08. The van der Waals surface area contributed by atoms with E-state index in [0.717, 1.165) is 38.4 Å². The molecular formula is C17H20Cl2N2O4. The number of halogens is 2. The van der Waals surface area contributed by atoms with E-state index < -0.39 is 11.9 Å². The van der Waals surface area contributed by atoms with Gasteiger partial charge < -0.3 is 20.5 Å². The quantitative estimate of drug-likeness (QED) is 0.578. The van der Waals surface area contributed by atoms with Crippen molar-refractivity contribution in [2.24, 2.45) is 5.73 Å². The summed E-state index contributed by atoms with van der Waals surface area (Å²) in [6.07, 6.45) is 4.17. The van der Waals surface area contributed by atoms with Gasteiger partial charge in [0.2, 0.25) is 5.91 Å². The lowest BCUT2D eigenvalue weighted by molar-refractivity contribution is -0.137. The Morgan fingerprint density at radius 2 is 1.92 bits per heavy atom. The van der Waals surface area contributed by atoms with Crippen LogP contribution in [0.25, 0.3) is 5.57 Å². The maximum Gasteiger partial charge on any atom is 0.339 e. The summed E-state index contributed by atoms with van der Waals surface area (Å²) in [6, 6.07) is 3.17. The lowest BCUT2D eigenvalue weighted by Crippen LogP contribution is -2.30. The Kier molecular flexibility index (Phi) is 7.11. The van der Waals surface area contributed by atoms with Gasteiger partial charge in [-0.3, -0.25) is 4.79 Å². The molecular weight excluding hydrogens is 367 g/mol. The minimum Gasteiger partial charge on any atom is -0.460 e. The van der Waals surface area contributed by atoms with Gasteiger partial charge in [0, 0.05) is 24.7 Å². The molecule has 136 valence electrons. The molecule has 0 unspecified atom stereocenters. The largest absolute Gasteiger partial charge is 0.460 e. The molecule has 1 aromatic carbocycles. The molecule has 1 heterocycles. The molecule has 25 heavy (non-hydrogen) atoms. The number of nitrogens with two attached hydrogens (primary N) is 1. The van der Waals surface area contributed by atoms with Crippen molar-refractivity contribution in [3.8, 4) is 0 Å². The second-order valence-electron chi connectivity index (χ2n) is 5.63. The number of anilines is 1. The van der Waals surface area contributed by atoms with E-state index >= 15 is 0 Å². The topological polar surface area (TPSA) is 92.9 Å². The molecule has 6 nitrogen and oxygen atoms in total. The second-order valence-corrected chi connectivity index (χ2v) is 6.41. The van der Waals surface area contributed by atoms with Gasteiger partial charge >= 0.3 is 5.97 Å². The van der Waals surface area contributed by atoms with Crippen molar-refractivity contribution >= 4 is 46.3 Å². The second kappa shape index (κ2) is 9.08. The van der Waals surface area contributed by atoms with Crippen LogP contribution in [0.15, 0.2) is 18.2 Å². The van der Waals surface area contributed by atoms with Crippen LogP contribution < -0.4 is 10.6 Å². The standard InChI is InChI=1S/C17H20Cl2N2O4/c18-13-5-4-11(12(10-14(20)23)17(24)25-9-8-22)15(19)16(13)21-6-2-1-3-7-21/h4-5,10,22H,1-3,6-9H2,(H2,20,23). The summed E-state index contributed by atoms with van der Waals surface area (Å²) in [4.78, 5) is 25.7. The zero-order valence-electron chi connectivity index (χ0n) is 13.6. The molecule has 0 aromatic heterocycles. The first-order valence-electron chi connectivity index (χ1n) is 7.98. The van der Waals surface area contributed by atoms with Crippen molar-refractivity contribution < 1.29 is 19.4 Å². The summed E-state index contributed by atoms with van der Waals surface area (Å²) in [5, 5.41) is 9.55. The minimum atomic E-state index is -0.804. The van der Waals surface area contributed by atoms with Gasteiger partial charge in [-0.1, -0.05) is 29.3 Å². The Morgan fingerprint density at radius 3 is 2.52 bits per heavy atom. The van der Waals surface area contributed by atoms with Gasteiger partial charge in [0.15, 0.2) is 0 Å². The van der Waals surface area contributed by atoms with Gasteiger partial charge in [-0.25, -0.2) is 4.79 Å². The SMILES string of the molecule is NC(=O)C=C(C(=O)OCCO)c1ccc(Cl)c(N2CCCCC2)c1Cl. The number of amides is 1. The van der Waals surface area contributed by atoms with Gasteiger partial charge in [-0.2, -0.15) is 0 Å². The fraction of sp³-hybridized carbons (Fsp3) is 0.412. The van der Waals surface area contributed by atoms with E-state index in [1.165, 1.54) is 0 Å². The van der Waals surface area contributed by atoms with E-state index in [9.17, 15) is 9.59 Å². The van der Waals surface area contributed by atoms with E-state index in [-0.39, 0.29) is 23.8 Å². The van der Waals surface area contributed by atoms with Gasteiger partial charge in [0.1, 0.15) is 6.61 Å². The van der Waals surface area contributed by atoms with Crippen molar-refractivity contribution in [1.29, 1.82) is 0 Å². The number of rotatable bonds is 6. The third-order valence-electron chi connectivity index (χ3n) is 3.86. The van der Waals surface area contributed by atoms with Crippen LogP contribution in [-0.4, -0.2) is 43.3 Å². The van der Waals surface area contributed by atoms with E-state index in [2.05, 4.69) is 4.90 Å². The number of aliphatic hydroxyl groups is 1. The smallest absolute Gasteiger partial charge is 0.339 e. The first-order chi connectivity index (χ1) is 12.0. The van der Waals surface area contributed by atoms with Crippen LogP contribution in [-0.2, 0) is 14.3 Å². The number of hydrogen-bond donors (Lipinski definition) is 2. The normalized spacial score (nSPS) is 15.2. The Morgan fingerprint density at radius 1 is 1.24 bits per heavy atom. The van der Waals surface area contributed by atoms with Crippen LogP contribution in [0.2, 0.25) is 10.0 Å². The van der Waals surface area contributed by atoms with Crippen LogP contribution in [0.3, 0.4) is 0 Å². The fourth-order valence-electron chi connectivity index (χ4n) is 2.76. The van der Waals surface area contributed by atoms with Crippen LogP contribution in [0.4, 0.5) is 5.69 Å². The number of esters is 1. The average Bonchev–Trinajstić information content (AvgIpc) is 2.59. The summed E-state index contributed by atoms with van der Waals surface area (Å²) in [5.74, 6) is -1.59. The molecule has 0 bridgehead atoms. The van der Waals surface area contributed by atoms with Gasteiger partial charge in [-0.05, 0) is 25.3 Å². The van der Waals surface area contributed by atoms with E-state index in [0.29, 0.717) is 16.3 Å². The number of nitrogens with zero attached hydrogens (tertiary/aromatic N) is 1. The summed E-state index contributed by atoms with van der Waals surface area (Å²) in [7, 11) is 0. The predicted molar refractivity (Wildman–Crippen MR) is 97.7 cm³/mol. The number of aliphatic hydroxyl groups excluding tert-OH is 1. The van der Waals surface area contributed by atoms with Crippen LogP contribution in [0.1, 0.15) is 24.8 Å². The predicted octanol–water partition coefficient (Wildman–Crippen LogP) is 2.39. The van der Waals surface area contributed by atoms with Crippen LogP contribution in [0.5, 0.6) is 0 Å². The molecule has 1 aliphatic rings.